The van der Waals surface area contributed by atoms with E-state index in [0.29, 0.717) is 0 Å². The van der Waals surface area contributed by atoms with Crippen LogP contribution in [0.3, 0.4) is 0 Å². The van der Waals surface area contributed by atoms with E-state index in [1.54, 1.807) is 0 Å². The predicted octanol–water partition coefficient (Wildman–Crippen LogP) is 2.78. The molecule has 0 unspecified atom stereocenters. The van der Waals surface area contributed by atoms with Crippen LogP contribution in [0.5, 0.6) is 0 Å². The predicted molar refractivity (Wildman–Crippen MR) is 64.4 cm³/mol. The lowest BCUT2D eigenvalue weighted by molar-refractivity contribution is 0.206. The standard InChI is InChI=1S/C13H23N2O/c16-13(15-10-4-5-11-15)14-9-8-12-6-2-1-3-7-12/h12H,1-11H2. The largest absolute Gasteiger partial charge is 0.338 e. The number of urea groups is 1. The van der Waals surface area contributed by atoms with Gasteiger partial charge in [-0.2, -0.15) is 0 Å². The molecule has 0 aromatic rings. The number of carbonyl (C=O) groups excluding carboxylic acids is 1. The molecule has 0 aromatic heterocycles. The number of rotatable bonds is 3. The molecule has 1 saturated carbocycles. The summed E-state index contributed by atoms with van der Waals surface area (Å²) in [6, 6.07) is 0.0355. The van der Waals surface area contributed by atoms with Gasteiger partial charge in [0, 0.05) is 19.6 Å². The number of carbonyl (C=O) groups is 1. The van der Waals surface area contributed by atoms with Crippen molar-refractivity contribution in [3.63, 3.8) is 0 Å². The molecule has 2 rings (SSSR count). The van der Waals surface area contributed by atoms with Gasteiger partial charge in [0.15, 0.2) is 0 Å². The molecule has 1 saturated heterocycles. The van der Waals surface area contributed by atoms with Crippen molar-refractivity contribution in [1.82, 2.24) is 10.2 Å². The number of likely N-dealkylation sites (tertiary alicyclic amines) is 1. The summed E-state index contributed by atoms with van der Waals surface area (Å²) in [5, 5.41) is 4.19. The Labute approximate surface area is 98.6 Å². The summed E-state index contributed by atoms with van der Waals surface area (Å²) >= 11 is 0. The molecule has 1 aliphatic heterocycles. The summed E-state index contributed by atoms with van der Waals surface area (Å²) in [6.45, 7) is 2.59. The van der Waals surface area contributed by atoms with E-state index in [4.69, 9.17) is 0 Å². The lowest BCUT2D eigenvalue weighted by atomic mass is 9.87. The van der Waals surface area contributed by atoms with Crippen LogP contribution in [0, 0.1) is 5.92 Å². The van der Waals surface area contributed by atoms with Crippen molar-refractivity contribution in [1.29, 1.82) is 0 Å². The molecule has 0 bridgehead atoms. The van der Waals surface area contributed by atoms with E-state index in [1.807, 2.05) is 4.90 Å². The van der Waals surface area contributed by atoms with Gasteiger partial charge in [0.2, 0.25) is 0 Å². The topological polar surface area (TPSA) is 34.4 Å². The molecule has 2 fully saturated rings. The zero-order valence-corrected chi connectivity index (χ0v) is 10.2. The van der Waals surface area contributed by atoms with Crippen molar-refractivity contribution in [2.24, 2.45) is 5.92 Å². The third-order valence-electron chi connectivity index (χ3n) is 3.89. The first kappa shape index (κ1) is 11.7. The average Bonchev–Trinajstić information content (AvgIpc) is 2.84. The van der Waals surface area contributed by atoms with E-state index in [1.165, 1.54) is 32.1 Å². The Morgan fingerprint density at radius 1 is 1.06 bits per heavy atom. The summed E-state index contributed by atoms with van der Waals surface area (Å²) in [5.74, 6) is 0.837. The number of hydrogen-bond acceptors (Lipinski definition) is 1. The number of nitrogens with zero attached hydrogens (tertiary/aromatic N) is 2. The maximum atomic E-state index is 11.6. The molecule has 2 amide bonds. The van der Waals surface area contributed by atoms with Gasteiger partial charge in [0.1, 0.15) is 0 Å². The fourth-order valence-corrected chi connectivity index (χ4v) is 2.83. The highest BCUT2D eigenvalue weighted by molar-refractivity contribution is 5.74. The Morgan fingerprint density at radius 3 is 2.44 bits per heavy atom. The zero-order chi connectivity index (χ0) is 11.2. The summed E-state index contributed by atoms with van der Waals surface area (Å²) in [5.41, 5.74) is 0. The van der Waals surface area contributed by atoms with Gasteiger partial charge in [-0.15, -0.1) is 0 Å². The molecule has 16 heavy (non-hydrogen) atoms. The van der Waals surface area contributed by atoms with Gasteiger partial charge in [-0.25, -0.2) is 10.1 Å². The van der Waals surface area contributed by atoms with E-state index in [0.717, 1.165) is 44.8 Å². The lowest BCUT2D eigenvalue weighted by Gasteiger charge is -2.21. The number of hydrogen-bond donors (Lipinski definition) is 0. The molecule has 1 heterocycles. The van der Waals surface area contributed by atoms with E-state index >= 15 is 0 Å². The Morgan fingerprint density at radius 2 is 1.75 bits per heavy atom. The molecular weight excluding hydrogens is 200 g/mol. The Balaban J connectivity index is 1.57. The highest BCUT2D eigenvalue weighted by atomic mass is 16.2. The lowest BCUT2D eigenvalue weighted by Crippen LogP contribution is -2.34. The molecule has 1 radical (unpaired) electrons. The van der Waals surface area contributed by atoms with E-state index in [-0.39, 0.29) is 6.03 Å². The second-order valence-corrected chi connectivity index (χ2v) is 5.15. The van der Waals surface area contributed by atoms with Gasteiger partial charge < -0.3 is 4.90 Å². The van der Waals surface area contributed by atoms with Crippen LogP contribution < -0.4 is 5.32 Å². The monoisotopic (exact) mass is 223 g/mol. The van der Waals surface area contributed by atoms with Crippen LogP contribution >= 0.6 is 0 Å². The molecule has 0 atom stereocenters. The van der Waals surface area contributed by atoms with Crippen molar-refractivity contribution < 1.29 is 4.79 Å². The SMILES string of the molecule is O=C([N]CCC1CCCCC1)N1CCCC1. The van der Waals surface area contributed by atoms with Crippen LogP contribution in [0.4, 0.5) is 4.79 Å². The third kappa shape index (κ3) is 3.39. The molecule has 0 spiro atoms. The maximum Gasteiger partial charge on any atom is 0.338 e. The molecular formula is C13H23N2O. The van der Waals surface area contributed by atoms with Gasteiger partial charge in [0.25, 0.3) is 0 Å². The second-order valence-electron chi connectivity index (χ2n) is 5.15. The molecule has 1 aliphatic carbocycles. The zero-order valence-electron chi connectivity index (χ0n) is 10.2. The Kier molecular flexibility index (Phi) is 4.49. The van der Waals surface area contributed by atoms with Crippen molar-refractivity contribution in [2.75, 3.05) is 19.6 Å². The minimum atomic E-state index is 0.0355. The first-order valence-electron chi connectivity index (χ1n) is 6.82. The summed E-state index contributed by atoms with van der Waals surface area (Å²) < 4.78 is 0. The smallest absolute Gasteiger partial charge is 0.323 e. The average molecular weight is 223 g/mol. The van der Waals surface area contributed by atoms with Crippen LogP contribution in [-0.4, -0.2) is 30.6 Å². The van der Waals surface area contributed by atoms with Crippen LogP contribution in [0.25, 0.3) is 0 Å². The molecule has 2 aliphatic rings. The molecule has 3 nitrogen and oxygen atoms in total. The van der Waals surface area contributed by atoms with E-state index in [2.05, 4.69) is 5.32 Å². The second kappa shape index (κ2) is 6.12. The summed E-state index contributed by atoms with van der Waals surface area (Å²) in [7, 11) is 0. The minimum absolute atomic E-state index is 0.0355. The summed E-state index contributed by atoms with van der Waals surface area (Å²) in [4.78, 5) is 13.5. The Bertz CT molecular complexity index is 218. The van der Waals surface area contributed by atoms with Crippen molar-refractivity contribution >= 4 is 6.03 Å². The van der Waals surface area contributed by atoms with Crippen LogP contribution in [0.15, 0.2) is 0 Å². The van der Waals surface area contributed by atoms with E-state index in [9.17, 15) is 4.79 Å². The van der Waals surface area contributed by atoms with Crippen LogP contribution in [0.1, 0.15) is 51.4 Å². The molecule has 3 heteroatoms. The first-order chi connectivity index (χ1) is 7.86. The molecule has 0 aromatic carbocycles. The number of amides is 2. The van der Waals surface area contributed by atoms with E-state index < -0.39 is 0 Å². The first-order valence-corrected chi connectivity index (χ1v) is 6.82. The Hall–Kier alpha value is -0.730. The van der Waals surface area contributed by atoms with Crippen LogP contribution in [0.2, 0.25) is 0 Å². The quantitative estimate of drug-likeness (QED) is 0.724. The van der Waals surface area contributed by atoms with Gasteiger partial charge in [0.05, 0.1) is 0 Å². The van der Waals surface area contributed by atoms with Crippen molar-refractivity contribution in [3.8, 4) is 0 Å². The fourth-order valence-electron chi connectivity index (χ4n) is 2.83. The molecule has 0 N–H and O–H groups in total. The minimum Gasteiger partial charge on any atom is -0.323 e. The van der Waals surface area contributed by atoms with Gasteiger partial charge in [-0.1, -0.05) is 32.1 Å². The highest BCUT2D eigenvalue weighted by Gasteiger charge is 2.19. The normalized spacial score (nSPS) is 22.4. The van der Waals surface area contributed by atoms with Gasteiger partial charge in [-0.05, 0) is 25.2 Å². The highest BCUT2D eigenvalue weighted by Crippen LogP contribution is 2.25. The summed E-state index contributed by atoms with van der Waals surface area (Å²) in [6.07, 6.45) is 10.3. The van der Waals surface area contributed by atoms with Crippen molar-refractivity contribution in [2.45, 2.75) is 51.4 Å². The van der Waals surface area contributed by atoms with Crippen molar-refractivity contribution in [3.05, 3.63) is 0 Å². The van der Waals surface area contributed by atoms with Gasteiger partial charge >= 0.3 is 6.03 Å². The molecule has 91 valence electrons. The fraction of sp³-hybridized carbons (Fsp3) is 0.923. The maximum absolute atomic E-state index is 11.6. The third-order valence-corrected chi connectivity index (χ3v) is 3.89. The van der Waals surface area contributed by atoms with Gasteiger partial charge in [-0.3, -0.25) is 0 Å². The van der Waals surface area contributed by atoms with Crippen LogP contribution in [-0.2, 0) is 0 Å².